The minimum Gasteiger partial charge on any atom is -0.506 e. The van der Waals surface area contributed by atoms with Gasteiger partial charge in [-0.25, -0.2) is 9.78 Å². The molecule has 3 aromatic rings. The van der Waals surface area contributed by atoms with Crippen LogP contribution in [-0.2, 0) is 0 Å². The lowest BCUT2D eigenvalue weighted by molar-refractivity contribution is 0.0694. The van der Waals surface area contributed by atoms with Crippen LogP contribution in [0, 0.1) is 0 Å². The average molecular weight is 256 g/mol. The molecule has 2 aromatic heterocycles. The highest BCUT2D eigenvalue weighted by Crippen LogP contribution is 2.26. The molecule has 0 saturated heterocycles. The zero-order chi connectivity index (χ0) is 13.6. The van der Waals surface area contributed by atoms with Gasteiger partial charge in [-0.3, -0.25) is 9.20 Å². The molecule has 6 heteroatoms. The Morgan fingerprint density at radius 3 is 2.58 bits per heavy atom. The van der Waals surface area contributed by atoms with E-state index in [2.05, 4.69) is 4.98 Å². The largest absolute Gasteiger partial charge is 0.506 e. The standard InChI is InChI=1S/C13H8N2O4/c16-10-6-15-11(8-4-2-1-3-7(8)10)14-5-9(12(15)17)13(18)19/h1-6,16H,(H,18,19). The van der Waals surface area contributed by atoms with E-state index in [9.17, 15) is 14.7 Å². The molecule has 0 unspecified atom stereocenters. The van der Waals surface area contributed by atoms with Crippen LogP contribution in [0.2, 0.25) is 0 Å². The van der Waals surface area contributed by atoms with E-state index in [4.69, 9.17) is 5.11 Å². The van der Waals surface area contributed by atoms with E-state index in [1.54, 1.807) is 24.3 Å². The number of aromatic carboxylic acids is 1. The Bertz CT molecular complexity index is 883. The lowest BCUT2D eigenvalue weighted by atomic mass is 10.1. The van der Waals surface area contributed by atoms with Gasteiger partial charge in [0.15, 0.2) is 0 Å². The van der Waals surface area contributed by atoms with E-state index < -0.39 is 17.1 Å². The van der Waals surface area contributed by atoms with Crippen molar-refractivity contribution < 1.29 is 15.0 Å². The number of aromatic nitrogens is 2. The number of carboxylic acids is 1. The summed E-state index contributed by atoms with van der Waals surface area (Å²) in [7, 11) is 0. The fourth-order valence-corrected chi connectivity index (χ4v) is 2.03. The van der Waals surface area contributed by atoms with Crippen LogP contribution in [0.3, 0.4) is 0 Å². The van der Waals surface area contributed by atoms with Crippen LogP contribution in [0.1, 0.15) is 10.4 Å². The number of aromatic hydroxyl groups is 1. The molecule has 0 amide bonds. The van der Waals surface area contributed by atoms with Crippen molar-refractivity contribution in [1.29, 1.82) is 0 Å². The van der Waals surface area contributed by atoms with E-state index in [-0.39, 0.29) is 5.75 Å². The third-order valence-corrected chi connectivity index (χ3v) is 2.92. The van der Waals surface area contributed by atoms with E-state index in [0.29, 0.717) is 16.4 Å². The number of fused-ring (bicyclic) bond motifs is 3. The lowest BCUT2D eigenvalue weighted by Gasteiger charge is -2.07. The molecular formula is C13H8N2O4. The van der Waals surface area contributed by atoms with Crippen molar-refractivity contribution in [2.45, 2.75) is 0 Å². The van der Waals surface area contributed by atoms with Crippen molar-refractivity contribution in [1.82, 2.24) is 9.38 Å². The molecule has 0 bridgehead atoms. The Balaban J connectivity index is 2.57. The molecule has 0 spiro atoms. The molecule has 6 nitrogen and oxygen atoms in total. The van der Waals surface area contributed by atoms with Gasteiger partial charge in [-0.1, -0.05) is 24.3 Å². The first kappa shape index (κ1) is 11.2. The van der Waals surface area contributed by atoms with Crippen LogP contribution in [-0.4, -0.2) is 25.6 Å². The van der Waals surface area contributed by atoms with Crippen LogP contribution in [0.5, 0.6) is 5.75 Å². The van der Waals surface area contributed by atoms with Crippen LogP contribution < -0.4 is 5.56 Å². The zero-order valence-electron chi connectivity index (χ0n) is 9.57. The summed E-state index contributed by atoms with van der Waals surface area (Å²) in [5.41, 5.74) is -0.853. The molecule has 0 atom stereocenters. The van der Waals surface area contributed by atoms with Crippen LogP contribution in [0.25, 0.3) is 16.4 Å². The second-order valence-electron chi connectivity index (χ2n) is 4.04. The van der Waals surface area contributed by atoms with Gasteiger partial charge in [0, 0.05) is 17.0 Å². The third-order valence-electron chi connectivity index (χ3n) is 2.92. The van der Waals surface area contributed by atoms with E-state index in [0.717, 1.165) is 10.6 Å². The first-order chi connectivity index (χ1) is 9.09. The summed E-state index contributed by atoms with van der Waals surface area (Å²) in [4.78, 5) is 26.9. The number of rotatable bonds is 1. The molecule has 19 heavy (non-hydrogen) atoms. The van der Waals surface area contributed by atoms with Crippen LogP contribution >= 0.6 is 0 Å². The summed E-state index contributed by atoms with van der Waals surface area (Å²) in [5.74, 6) is -1.45. The minimum atomic E-state index is -1.35. The maximum Gasteiger partial charge on any atom is 0.342 e. The molecule has 0 radical (unpaired) electrons. The summed E-state index contributed by atoms with van der Waals surface area (Å²) in [6.07, 6.45) is 2.21. The maximum atomic E-state index is 12.0. The van der Waals surface area contributed by atoms with Crippen molar-refractivity contribution in [2.75, 3.05) is 0 Å². The Morgan fingerprint density at radius 1 is 1.21 bits per heavy atom. The highest BCUT2D eigenvalue weighted by molar-refractivity contribution is 5.98. The van der Waals surface area contributed by atoms with Gasteiger partial charge in [0.1, 0.15) is 17.0 Å². The highest BCUT2D eigenvalue weighted by atomic mass is 16.4. The molecule has 3 rings (SSSR count). The molecule has 1 aromatic carbocycles. The molecule has 0 aliphatic heterocycles. The van der Waals surface area contributed by atoms with Crippen molar-refractivity contribution in [3.8, 4) is 5.75 Å². The van der Waals surface area contributed by atoms with E-state index >= 15 is 0 Å². The van der Waals surface area contributed by atoms with E-state index in [1.807, 2.05) is 0 Å². The molecule has 2 N–H and O–H groups in total. The number of carbonyl (C=O) groups is 1. The number of pyridine rings is 1. The van der Waals surface area contributed by atoms with Gasteiger partial charge in [-0.15, -0.1) is 0 Å². The van der Waals surface area contributed by atoms with E-state index in [1.165, 1.54) is 6.20 Å². The molecule has 0 aliphatic carbocycles. The Labute approximate surface area is 106 Å². The quantitative estimate of drug-likeness (QED) is 0.639. The van der Waals surface area contributed by atoms with Gasteiger partial charge in [-0.2, -0.15) is 0 Å². The maximum absolute atomic E-state index is 12.0. The molecule has 94 valence electrons. The van der Waals surface area contributed by atoms with Crippen molar-refractivity contribution in [2.24, 2.45) is 0 Å². The monoisotopic (exact) mass is 256 g/mol. The lowest BCUT2D eigenvalue weighted by Crippen LogP contribution is -2.22. The SMILES string of the molecule is O=C(O)c1cnc2c3ccccc3c(O)cn2c1=O. The number of benzene rings is 1. The average Bonchev–Trinajstić information content (AvgIpc) is 2.40. The van der Waals surface area contributed by atoms with Crippen molar-refractivity contribution >= 4 is 22.4 Å². The molecule has 0 fully saturated rings. The van der Waals surface area contributed by atoms with Gasteiger partial charge >= 0.3 is 5.97 Å². The van der Waals surface area contributed by atoms with Crippen molar-refractivity contribution in [3.63, 3.8) is 0 Å². The predicted octanol–water partition coefficient (Wildman–Crippen LogP) is 1.25. The molecule has 0 saturated carbocycles. The zero-order valence-corrected chi connectivity index (χ0v) is 9.57. The number of hydrogen-bond donors (Lipinski definition) is 2. The Hall–Kier alpha value is -2.89. The summed E-state index contributed by atoms with van der Waals surface area (Å²) in [6, 6.07) is 6.90. The minimum absolute atomic E-state index is 0.102. The normalized spacial score (nSPS) is 10.9. The first-order valence-corrected chi connectivity index (χ1v) is 5.45. The van der Waals surface area contributed by atoms with Crippen LogP contribution in [0.15, 0.2) is 41.5 Å². The topological polar surface area (TPSA) is 91.9 Å². The van der Waals surface area contributed by atoms with Crippen molar-refractivity contribution in [3.05, 3.63) is 52.6 Å². The summed E-state index contributed by atoms with van der Waals surface area (Å²) in [5, 5.41) is 19.9. The van der Waals surface area contributed by atoms with Gasteiger partial charge < -0.3 is 10.2 Å². The number of hydrogen-bond acceptors (Lipinski definition) is 4. The van der Waals surface area contributed by atoms with Crippen LogP contribution in [0.4, 0.5) is 0 Å². The Kier molecular flexibility index (Phi) is 2.25. The second kappa shape index (κ2) is 3.81. The van der Waals surface area contributed by atoms with Gasteiger partial charge in [0.05, 0.1) is 6.20 Å². The smallest absolute Gasteiger partial charge is 0.342 e. The summed E-state index contributed by atoms with van der Waals surface area (Å²) >= 11 is 0. The van der Waals surface area contributed by atoms with Gasteiger partial charge in [-0.05, 0) is 0 Å². The summed E-state index contributed by atoms with van der Waals surface area (Å²) < 4.78 is 1.04. The predicted molar refractivity (Wildman–Crippen MR) is 67.6 cm³/mol. The fraction of sp³-hybridized carbons (Fsp3) is 0. The van der Waals surface area contributed by atoms with Gasteiger partial charge in [0.2, 0.25) is 0 Å². The third kappa shape index (κ3) is 1.54. The first-order valence-electron chi connectivity index (χ1n) is 5.45. The molecular weight excluding hydrogens is 248 g/mol. The molecule has 0 aliphatic rings. The Morgan fingerprint density at radius 2 is 1.89 bits per heavy atom. The van der Waals surface area contributed by atoms with Gasteiger partial charge in [0.25, 0.3) is 5.56 Å². The fourth-order valence-electron chi connectivity index (χ4n) is 2.03. The highest BCUT2D eigenvalue weighted by Gasteiger charge is 2.14. The molecule has 2 heterocycles. The second-order valence-corrected chi connectivity index (χ2v) is 4.04. The number of carboxylic acid groups (broad SMARTS) is 1. The summed E-state index contributed by atoms with van der Waals surface area (Å²) in [6.45, 7) is 0. The number of nitrogens with zero attached hydrogens (tertiary/aromatic N) is 2.